The number of halogens is 1. The zero-order valence-electron chi connectivity index (χ0n) is 12.2. The van der Waals surface area contributed by atoms with E-state index >= 15 is 0 Å². The quantitative estimate of drug-likeness (QED) is 0.426. The molecule has 1 aliphatic rings. The van der Waals surface area contributed by atoms with E-state index in [1.807, 2.05) is 24.3 Å². The molecule has 2 rings (SSSR count). The predicted octanol–water partition coefficient (Wildman–Crippen LogP) is 0.926. The molecule has 1 aromatic carbocycles. The molecule has 1 heterocycles. The lowest BCUT2D eigenvalue weighted by atomic mass is 10.0. The Morgan fingerprint density at radius 3 is 2.59 bits per heavy atom. The van der Waals surface area contributed by atoms with Crippen molar-refractivity contribution in [3.63, 3.8) is 0 Å². The summed E-state index contributed by atoms with van der Waals surface area (Å²) in [6.07, 6.45) is 1.79. The molecule has 2 atom stereocenters. The Bertz CT molecular complexity index is 513. The van der Waals surface area contributed by atoms with Crippen LogP contribution >= 0.6 is 11.6 Å². The van der Waals surface area contributed by atoms with Gasteiger partial charge in [-0.05, 0) is 37.0 Å². The lowest BCUT2D eigenvalue weighted by molar-refractivity contribution is -0.137. The van der Waals surface area contributed by atoms with Gasteiger partial charge in [0, 0.05) is 11.4 Å². The molecular formula is C15H20ClN3O3. The summed E-state index contributed by atoms with van der Waals surface area (Å²) in [6, 6.07) is 7.39. The summed E-state index contributed by atoms with van der Waals surface area (Å²) in [5.74, 6) is 4.72. The predicted molar refractivity (Wildman–Crippen MR) is 83.0 cm³/mol. The van der Waals surface area contributed by atoms with Gasteiger partial charge < -0.3 is 10.1 Å². The summed E-state index contributed by atoms with van der Waals surface area (Å²) in [5.41, 5.74) is 3.14. The number of aryl methyl sites for hydroxylation is 1. The topological polar surface area (TPSA) is 93.5 Å². The van der Waals surface area contributed by atoms with Gasteiger partial charge in [0.25, 0.3) is 5.91 Å². The maximum absolute atomic E-state index is 11.9. The number of hydrogen-bond acceptors (Lipinski definition) is 4. The monoisotopic (exact) mass is 325 g/mol. The second kappa shape index (κ2) is 8.12. The molecule has 0 bridgehead atoms. The number of nitrogens with two attached hydrogens (primary N) is 1. The summed E-state index contributed by atoms with van der Waals surface area (Å²) in [7, 11) is 0. The third-order valence-corrected chi connectivity index (χ3v) is 3.88. The number of ether oxygens (including phenoxy) is 1. The molecule has 2 amide bonds. The summed E-state index contributed by atoms with van der Waals surface area (Å²) in [4.78, 5) is 23.3. The first-order valence-corrected chi connectivity index (χ1v) is 7.62. The van der Waals surface area contributed by atoms with E-state index in [1.54, 1.807) is 0 Å². The second-order valence-corrected chi connectivity index (χ2v) is 5.74. The molecule has 0 unspecified atom stereocenters. The van der Waals surface area contributed by atoms with Crippen molar-refractivity contribution < 1.29 is 14.3 Å². The van der Waals surface area contributed by atoms with Crippen LogP contribution in [-0.2, 0) is 20.7 Å². The van der Waals surface area contributed by atoms with E-state index in [1.165, 1.54) is 0 Å². The number of rotatable bonds is 5. The first-order valence-electron chi connectivity index (χ1n) is 7.24. The summed E-state index contributed by atoms with van der Waals surface area (Å²) in [6.45, 7) is 0.324. The van der Waals surface area contributed by atoms with Crippen molar-refractivity contribution >= 4 is 23.4 Å². The second-order valence-electron chi connectivity index (χ2n) is 5.30. The average Bonchev–Trinajstić information content (AvgIpc) is 2.54. The largest absolute Gasteiger partial charge is 0.366 e. The van der Waals surface area contributed by atoms with Gasteiger partial charge in [0.2, 0.25) is 5.91 Å². The van der Waals surface area contributed by atoms with Crippen LogP contribution < -0.4 is 16.6 Å². The number of amides is 2. The highest BCUT2D eigenvalue weighted by atomic mass is 35.5. The molecule has 7 heteroatoms. The van der Waals surface area contributed by atoms with Crippen LogP contribution in [0.1, 0.15) is 24.8 Å². The number of carbonyl (C=O) groups is 2. The van der Waals surface area contributed by atoms with Crippen molar-refractivity contribution in [2.24, 2.45) is 5.84 Å². The Balaban J connectivity index is 1.69. The van der Waals surface area contributed by atoms with Gasteiger partial charge in [-0.25, -0.2) is 5.84 Å². The molecule has 6 nitrogen and oxygen atoms in total. The molecule has 1 aliphatic heterocycles. The third-order valence-electron chi connectivity index (χ3n) is 3.63. The standard InChI is InChI=1S/C15H20ClN3O3/c16-11-4-1-10(2-5-11)3-8-14(20)18-12-6-7-13(22-9-12)15(21)19-17/h1-2,4-5,12-13H,3,6-9,17H2,(H,18,20)(H,19,21)/t12-,13+/m1/s1. The van der Waals surface area contributed by atoms with Crippen molar-refractivity contribution in [1.29, 1.82) is 0 Å². The molecule has 0 aliphatic carbocycles. The Labute approximate surface area is 134 Å². The van der Waals surface area contributed by atoms with Gasteiger partial charge in [-0.3, -0.25) is 15.0 Å². The minimum Gasteiger partial charge on any atom is -0.366 e. The molecule has 22 heavy (non-hydrogen) atoms. The van der Waals surface area contributed by atoms with Gasteiger partial charge in [0.15, 0.2) is 0 Å². The van der Waals surface area contributed by atoms with Crippen LogP contribution in [0.3, 0.4) is 0 Å². The third kappa shape index (κ3) is 4.98. The fourth-order valence-electron chi connectivity index (χ4n) is 2.37. The SMILES string of the molecule is NNC(=O)[C@@H]1CC[C@@H](NC(=O)CCc2ccc(Cl)cc2)CO1. The molecular weight excluding hydrogens is 306 g/mol. The fourth-order valence-corrected chi connectivity index (χ4v) is 2.50. The highest BCUT2D eigenvalue weighted by Crippen LogP contribution is 2.14. The van der Waals surface area contributed by atoms with E-state index < -0.39 is 6.10 Å². The van der Waals surface area contributed by atoms with Crippen LogP contribution in [0, 0.1) is 0 Å². The van der Waals surface area contributed by atoms with Crippen LogP contribution in [0.2, 0.25) is 5.02 Å². The summed E-state index contributed by atoms with van der Waals surface area (Å²) < 4.78 is 5.40. The lowest BCUT2D eigenvalue weighted by Gasteiger charge is -2.28. The molecule has 1 saturated heterocycles. The minimum absolute atomic E-state index is 0.0229. The van der Waals surface area contributed by atoms with Crippen LogP contribution in [0.4, 0.5) is 0 Å². The summed E-state index contributed by atoms with van der Waals surface area (Å²) >= 11 is 5.82. The Hall–Kier alpha value is -1.63. The number of carbonyl (C=O) groups excluding carboxylic acids is 2. The Morgan fingerprint density at radius 1 is 1.27 bits per heavy atom. The molecule has 0 radical (unpaired) electrons. The van der Waals surface area contributed by atoms with E-state index in [0.29, 0.717) is 37.3 Å². The maximum atomic E-state index is 11.9. The molecule has 1 fully saturated rings. The summed E-state index contributed by atoms with van der Waals surface area (Å²) in [5, 5.41) is 3.61. The van der Waals surface area contributed by atoms with Crippen LogP contribution in [0.5, 0.6) is 0 Å². The van der Waals surface area contributed by atoms with Gasteiger partial charge in [-0.1, -0.05) is 23.7 Å². The van der Waals surface area contributed by atoms with Crippen molar-refractivity contribution in [1.82, 2.24) is 10.7 Å². The van der Waals surface area contributed by atoms with E-state index in [4.69, 9.17) is 22.2 Å². The number of hydrazine groups is 1. The normalized spacial score (nSPS) is 21.2. The Kier molecular flexibility index (Phi) is 6.18. The van der Waals surface area contributed by atoms with E-state index in [-0.39, 0.29) is 17.9 Å². The van der Waals surface area contributed by atoms with Crippen molar-refractivity contribution in [2.45, 2.75) is 37.8 Å². The highest BCUT2D eigenvalue weighted by Gasteiger charge is 2.27. The van der Waals surface area contributed by atoms with E-state index in [0.717, 1.165) is 5.56 Å². The van der Waals surface area contributed by atoms with Gasteiger partial charge in [0.05, 0.1) is 12.6 Å². The van der Waals surface area contributed by atoms with Crippen LogP contribution in [0.25, 0.3) is 0 Å². The zero-order valence-corrected chi connectivity index (χ0v) is 12.9. The van der Waals surface area contributed by atoms with Crippen molar-refractivity contribution in [3.8, 4) is 0 Å². The maximum Gasteiger partial charge on any atom is 0.262 e. The number of benzene rings is 1. The van der Waals surface area contributed by atoms with Gasteiger partial charge in [0.1, 0.15) is 6.10 Å². The molecule has 4 N–H and O–H groups in total. The number of hydrogen-bond donors (Lipinski definition) is 3. The average molecular weight is 326 g/mol. The molecule has 0 aromatic heterocycles. The first-order chi connectivity index (χ1) is 10.6. The van der Waals surface area contributed by atoms with Gasteiger partial charge in [-0.2, -0.15) is 0 Å². The smallest absolute Gasteiger partial charge is 0.262 e. The minimum atomic E-state index is -0.521. The highest BCUT2D eigenvalue weighted by molar-refractivity contribution is 6.30. The molecule has 120 valence electrons. The zero-order chi connectivity index (χ0) is 15.9. The van der Waals surface area contributed by atoms with Gasteiger partial charge >= 0.3 is 0 Å². The van der Waals surface area contributed by atoms with Gasteiger partial charge in [-0.15, -0.1) is 0 Å². The fraction of sp³-hybridized carbons (Fsp3) is 0.467. The van der Waals surface area contributed by atoms with Crippen LogP contribution in [0.15, 0.2) is 24.3 Å². The Morgan fingerprint density at radius 2 is 2.00 bits per heavy atom. The number of nitrogens with one attached hydrogen (secondary N) is 2. The molecule has 1 aromatic rings. The van der Waals surface area contributed by atoms with Crippen LogP contribution in [-0.4, -0.2) is 30.6 Å². The van der Waals surface area contributed by atoms with Crippen molar-refractivity contribution in [3.05, 3.63) is 34.9 Å². The van der Waals surface area contributed by atoms with E-state index in [9.17, 15) is 9.59 Å². The van der Waals surface area contributed by atoms with E-state index in [2.05, 4.69) is 10.7 Å². The molecule has 0 saturated carbocycles. The first kappa shape index (κ1) is 16.7. The molecule has 0 spiro atoms. The van der Waals surface area contributed by atoms with Crippen molar-refractivity contribution in [2.75, 3.05) is 6.61 Å². The lowest BCUT2D eigenvalue weighted by Crippen LogP contribution is -2.48.